The molecule has 0 spiro atoms. The summed E-state index contributed by atoms with van der Waals surface area (Å²) in [7, 11) is 3.38. The van der Waals surface area contributed by atoms with Gasteiger partial charge in [-0.2, -0.15) is 0 Å². The zero-order valence-electron chi connectivity index (χ0n) is 16.9. The van der Waals surface area contributed by atoms with Crippen LogP contribution < -0.4 is 9.47 Å². The first-order valence-electron chi connectivity index (χ1n) is 10.0. The first-order valence-corrected chi connectivity index (χ1v) is 10.0. The quantitative estimate of drug-likeness (QED) is 0.762. The molecule has 2 fully saturated rings. The molecule has 2 saturated heterocycles. The highest BCUT2D eigenvalue weighted by molar-refractivity contribution is 5.78. The van der Waals surface area contributed by atoms with Gasteiger partial charge in [-0.25, -0.2) is 0 Å². The van der Waals surface area contributed by atoms with E-state index in [-0.39, 0.29) is 5.91 Å². The van der Waals surface area contributed by atoms with Crippen molar-refractivity contribution in [3.8, 4) is 11.5 Å². The molecule has 0 unspecified atom stereocenters. The molecule has 6 heteroatoms. The lowest BCUT2D eigenvalue weighted by molar-refractivity contribution is -0.134. The van der Waals surface area contributed by atoms with Crippen molar-refractivity contribution in [3.63, 3.8) is 0 Å². The highest BCUT2D eigenvalue weighted by Gasteiger charge is 2.25. The van der Waals surface area contributed by atoms with E-state index in [9.17, 15) is 4.79 Å². The molecule has 0 atom stereocenters. The Kier molecular flexibility index (Phi) is 6.96. The number of nitrogens with zero attached hydrogens (tertiary/aromatic N) is 3. The molecular weight excluding hydrogens is 342 g/mol. The number of rotatable bonds is 6. The van der Waals surface area contributed by atoms with Crippen molar-refractivity contribution in [2.24, 2.45) is 5.92 Å². The van der Waals surface area contributed by atoms with Gasteiger partial charge in [0.1, 0.15) is 11.5 Å². The minimum atomic E-state index is 0.281. The van der Waals surface area contributed by atoms with Crippen molar-refractivity contribution in [2.75, 3.05) is 60.0 Å². The number of hydrogen-bond acceptors (Lipinski definition) is 5. The van der Waals surface area contributed by atoms with Crippen LogP contribution in [0.15, 0.2) is 18.2 Å². The molecular formula is C21H33N3O3. The van der Waals surface area contributed by atoms with Crippen molar-refractivity contribution in [3.05, 3.63) is 23.8 Å². The van der Waals surface area contributed by atoms with Crippen LogP contribution in [0.1, 0.15) is 25.3 Å². The van der Waals surface area contributed by atoms with E-state index in [4.69, 9.17) is 9.47 Å². The van der Waals surface area contributed by atoms with Gasteiger partial charge in [0.25, 0.3) is 0 Å². The standard InChI is InChI=1S/C21H33N3O3/c1-17-6-8-22(9-7-17)16-21(25)24-12-10-23(11-13-24)15-18-14-19(26-2)4-5-20(18)27-3/h4-5,14,17H,6-13,15-16H2,1-3H3. The highest BCUT2D eigenvalue weighted by atomic mass is 16.5. The predicted molar refractivity (Wildman–Crippen MR) is 106 cm³/mol. The van der Waals surface area contributed by atoms with Gasteiger partial charge in [0.2, 0.25) is 5.91 Å². The van der Waals surface area contributed by atoms with Crippen molar-refractivity contribution >= 4 is 5.91 Å². The van der Waals surface area contributed by atoms with Crippen LogP contribution in [-0.2, 0) is 11.3 Å². The van der Waals surface area contributed by atoms with Gasteiger partial charge in [0.15, 0.2) is 0 Å². The number of methoxy groups -OCH3 is 2. The van der Waals surface area contributed by atoms with Crippen molar-refractivity contribution in [1.29, 1.82) is 0 Å². The molecule has 1 aromatic carbocycles. The molecule has 3 rings (SSSR count). The second-order valence-electron chi connectivity index (χ2n) is 7.79. The fourth-order valence-corrected chi connectivity index (χ4v) is 3.91. The molecule has 1 aromatic rings. The van der Waals surface area contributed by atoms with Crippen LogP contribution in [0.5, 0.6) is 11.5 Å². The summed E-state index contributed by atoms with van der Waals surface area (Å²) in [4.78, 5) is 19.3. The Morgan fingerprint density at radius 2 is 1.70 bits per heavy atom. The number of ether oxygens (including phenoxy) is 2. The normalized spacial score (nSPS) is 19.9. The minimum Gasteiger partial charge on any atom is -0.497 e. The predicted octanol–water partition coefficient (Wildman–Crippen LogP) is 2.08. The molecule has 0 saturated carbocycles. The number of carbonyl (C=O) groups excluding carboxylic acids is 1. The molecule has 0 bridgehead atoms. The lowest BCUT2D eigenvalue weighted by Gasteiger charge is -2.37. The second-order valence-corrected chi connectivity index (χ2v) is 7.79. The number of amides is 1. The number of hydrogen-bond donors (Lipinski definition) is 0. The van der Waals surface area contributed by atoms with Crippen LogP contribution in [0.25, 0.3) is 0 Å². The van der Waals surface area contributed by atoms with Crippen LogP contribution in [0.3, 0.4) is 0 Å². The van der Waals surface area contributed by atoms with Gasteiger partial charge in [-0.05, 0) is 50.0 Å². The molecule has 2 heterocycles. The van der Waals surface area contributed by atoms with Gasteiger partial charge in [0, 0.05) is 38.3 Å². The average molecular weight is 376 g/mol. The number of piperazine rings is 1. The Balaban J connectivity index is 1.48. The van der Waals surface area contributed by atoms with Gasteiger partial charge >= 0.3 is 0 Å². The number of likely N-dealkylation sites (tertiary alicyclic amines) is 1. The van der Waals surface area contributed by atoms with Crippen molar-refractivity contribution in [2.45, 2.75) is 26.3 Å². The largest absolute Gasteiger partial charge is 0.497 e. The maximum atomic E-state index is 12.6. The molecule has 27 heavy (non-hydrogen) atoms. The molecule has 0 radical (unpaired) electrons. The third-order valence-electron chi connectivity index (χ3n) is 5.84. The van der Waals surface area contributed by atoms with E-state index < -0.39 is 0 Å². The number of benzene rings is 1. The van der Waals surface area contributed by atoms with E-state index in [0.717, 1.165) is 68.8 Å². The Morgan fingerprint density at radius 1 is 1.00 bits per heavy atom. The van der Waals surface area contributed by atoms with E-state index in [0.29, 0.717) is 6.54 Å². The summed E-state index contributed by atoms with van der Waals surface area (Å²) in [6.45, 7) is 9.19. The van der Waals surface area contributed by atoms with E-state index in [1.54, 1.807) is 14.2 Å². The fourth-order valence-electron chi connectivity index (χ4n) is 3.91. The average Bonchev–Trinajstić information content (AvgIpc) is 2.70. The molecule has 0 N–H and O–H groups in total. The summed E-state index contributed by atoms with van der Waals surface area (Å²) in [5.41, 5.74) is 1.12. The Bertz CT molecular complexity index is 621. The summed E-state index contributed by atoms with van der Waals surface area (Å²) in [5.74, 6) is 2.81. The Morgan fingerprint density at radius 3 is 2.33 bits per heavy atom. The zero-order valence-corrected chi connectivity index (χ0v) is 16.9. The SMILES string of the molecule is COc1ccc(OC)c(CN2CCN(C(=O)CN3CCC(C)CC3)CC2)c1. The minimum absolute atomic E-state index is 0.281. The van der Waals surface area contributed by atoms with Gasteiger partial charge in [0.05, 0.1) is 20.8 Å². The Hall–Kier alpha value is -1.79. The maximum Gasteiger partial charge on any atom is 0.236 e. The molecule has 150 valence electrons. The number of piperidine rings is 1. The van der Waals surface area contributed by atoms with Crippen LogP contribution in [-0.4, -0.2) is 80.6 Å². The van der Waals surface area contributed by atoms with Crippen molar-refractivity contribution in [1.82, 2.24) is 14.7 Å². The monoisotopic (exact) mass is 375 g/mol. The molecule has 6 nitrogen and oxygen atoms in total. The lowest BCUT2D eigenvalue weighted by atomic mass is 9.99. The van der Waals surface area contributed by atoms with Gasteiger partial charge in [-0.1, -0.05) is 6.92 Å². The first-order chi connectivity index (χ1) is 13.1. The van der Waals surface area contributed by atoms with Gasteiger partial charge < -0.3 is 14.4 Å². The summed E-state index contributed by atoms with van der Waals surface area (Å²) in [6, 6.07) is 5.90. The summed E-state index contributed by atoms with van der Waals surface area (Å²) >= 11 is 0. The van der Waals surface area contributed by atoms with E-state index in [2.05, 4.69) is 16.7 Å². The maximum absolute atomic E-state index is 12.6. The summed E-state index contributed by atoms with van der Waals surface area (Å²) in [6.07, 6.45) is 2.42. The fraction of sp³-hybridized carbons (Fsp3) is 0.667. The van der Waals surface area contributed by atoms with Crippen LogP contribution in [0.4, 0.5) is 0 Å². The summed E-state index contributed by atoms with van der Waals surface area (Å²) < 4.78 is 10.8. The van der Waals surface area contributed by atoms with E-state index in [1.165, 1.54) is 12.8 Å². The third kappa shape index (κ3) is 5.36. The molecule has 2 aliphatic heterocycles. The van der Waals surface area contributed by atoms with E-state index >= 15 is 0 Å². The van der Waals surface area contributed by atoms with Crippen molar-refractivity contribution < 1.29 is 14.3 Å². The lowest BCUT2D eigenvalue weighted by Crippen LogP contribution is -2.51. The van der Waals surface area contributed by atoms with Crippen LogP contribution in [0, 0.1) is 5.92 Å². The molecule has 1 amide bonds. The van der Waals surface area contributed by atoms with Gasteiger partial charge in [-0.15, -0.1) is 0 Å². The number of carbonyl (C=O) groups is 1. The first kappa shape index (κ1) is 20.0. The Labute approximate surface area is 163 Å². The molecule has 0 aromatic heterocycles. The smallest absolute Gasteiger partial charge is 0.236 e. The molecule has 0 aliphatic carbocycles. The third-order valence-corrected chi connectivity index (χ3v) is 5.84. The summed E-state index contributed by atoms with van der Waals surface area (Å²) in [5, 5.41) is 0. The topological polar surface area (TPSA) is 45.3 Å². The van der Waals surface area contributed by atoms with E-state index in [1.807, 2.05) is 23.1 Å². The van der Waals surface area contributed by atoms with Crippen LogP contribution in [0.2, 0.25) is 0 Å². The second kappa shape index (κ2) is 9.42. The zero-order chi connectivity index (χ0) is 19.2. The molecule has 2 aliphatic rings. The van der Waals surface area contributed by atoms with Gasteiger partial charge in [-0.3, -0.25) is 14.6 Å². The highest BCUT2D eigenvalue weighted by Crippen LogP contribution is 2.25. The van der Waals surface area contributed by atoms with Crippen LogP contribution >= 0.6 is 0 Å².